The molecular formula is C12H15F2NO. The molecule has 0 aliphatic heterocycles. The van der Waals surface area contributed by atoms with Gasteiger partial charge in [-0.05, 0) is 24.1 Å². The Morgan fingerprint density at radius 1 is 1.31 bits per heavy atom. The number of hydrogen-bond donors (Lipinski definition) is 1. The summed E-state index contributed by atoms with van der Waals surface area (Å²) < 4.78 is 25.4. The molecule has 0 aliphatic carbocycles. The molecule has 0 unspecified atom stereocenters. The van der Waals surface area contributed by atoms with Crippen molar-refractivity contribution in [1.82, 2.24) is 5.32 Å². The molecule has 0 saturated carbocycles. The molecule has 0 atom stereocenters. The molecule has 1 rings (SSSR count). The first-order valence-corrected chi connectivity index (χ1v) is 5.22. The van der Waals surface area contributed by atoms with Crippen LogP contribution < -0.4 is 5.32 Å². The quantitative estimate of drug-likeness (QED) is 0.840. The fraction of sp³-hybridized carbons (Fsp3) is 0.417. The van der Waals surface area contributed by atoms with Crippen LogP contribution in [0.4, 0.5) is 8.78 Å². The molecule has 1 aromatic carbocycles. The van der Waals surface area contributed by atoms with Gasteiger partial charge in [-0.15, -0.1) is 0 Å². The lowest BCUT2D eigenvalue weighted by Crippen LogP contribution is -2.29. The number of benzene rings is 1. The lowest BCUT2D eigenvalue weighted by molar-refractivity contribution is -0.123. The minimum atomic E-state index is -0.854. The fourth-order valence-electron chi connectivity index (χ4n) is 1.23. The maximum Gasteiger partial charge on any atom is 0.222 e. The Labute approximate surface area is 93.7 Å². The molecule has 0 fully saturated rings. The van der Waals surface area contributed by atoms with Gasteiger partial charge < -0.3 is 5.32 Å². The molecule has 0 aliphatic rings. The zero-order valence-corrected chi connectivity index (χ0v) is 9.39. The summed E-state index contributed by atoms with van der Waals surface area (Å²) in [6.07, 6.45) is 0.496. The fourth-order valence-corrected chi connectivity index (χ4v) is 1.23. The summed E-state index contributed by atoms with van der Waals surface area (Å²) in [6, 6.07) is 3.76. The Balaban J connectivity index is 2.43. The van der Waals surface area contributed by atoms with Gasteiger partial charge >= 0.3 is 0 Å². The second-order valence-electron chi connectivity index (χ2n) is 3.94. The molecule has 0 radical (unpaired) electrons. The molecule has 16 heavy (non-hydrogen) atoms. The first-order chi connectivity index (χ1) is 7.50. The Hall–Kier alpha value is -1.45. The minimum Gasteiger partial charge on any atom is -0.356 e. The number of rotatable bonds is 4. The van der Waals surface area contributed by atoms with Gasteiger partial charge in [0.05, 0.1) is 0 Å². The van der Waals surface area contributed by atoms with Crippen LogP contribution >= 0.6 is 0 Å². The van der Waals surface area contributed by atoms with E-state index in [1.54, 1.807) is 13.8 Å². The van der Waals surface area contributed by atoms with Crippen LogP contribution in [0.3, 0.4) is 0 Å². The summed E-state index contributed by atoms with van der Waals surface area (Å²) in [4.78, 5) is 11.2. The number of nitrogens with one attached hydrogen (secondary N) is 1. The first-order valence-electron chi connectivity index (χ1n) is 5.22. The van der Waals surface area contributed by atoms with Crippen LogP contribution in [0.1, 0.15) is 19.4 Å². The summed E-state index contributed by atoms with van der Waals surface area (Å²) in [7, 11) is 0. The highest BCUT2D eigenvalue weighted by molar-refractivity contribution is 5.77. The minimum absolute atomic E-state index is 0.0393. The monoisotopic (exact) mass is 227 g/mol. The van der Waals surface area contributed by atoms with Crippen molar-refractivity contribution in [1.29, 1.82) is 0 Å². The Morgan fingerprint density at radius 2 is 2.00 bits per heavy atom. The summed E-state index contributed by atoms with van der Waals surface area (Å²) >= 11 is 0. The second kappa shape index (κ2) is 5.58. The van der Waals surface area contributed by atoms with E-state index in [1.165, 1.54) is 6.07 Å². The first kappa shape index (κ1) is 12.6. The Morgan fingerprint density at radius 3 is 2.56 bits per heavy atom. The van der Waals surface area contributed by atoms with Crippen LogP contribution in [0.25, 0.3) is 0 Å². The third-order valence-corrected chi connectivity index (χ3v) is 2.22. The second-order valence-corrected chi connectivity index (χ2v) is 3.94. The molecule has 0 saturated heterocycles. The van der Waals surface area contributed by atoms with Gasteiger partial charge in [-0.25, -0.2) is 8.78 Å². The molecule has 0 heterocycles. The van der Waals surface area contributed by atoms with Gasteiger partial charge in [0, 0.05) is 12.5 Å². The van der Waals surface area contributed by atoms with Crippen LogP contribution in [0.2, 0.25) is 0 Å². The smallest absolute Gasteiger partial charge is 0.222 e. The third kappa shape index (κ3) is 3.61. The molecule has 2 nitrogen and oxygen atoms in total. The van der Waals surface area contributed by atoms with E-state index < -0.39 is 11.6 Å². The van der Waals surface area contributed by atoms with E-state index in [2.05, 4.69) is 5.32 Å². The van der Waals surface area contributed by atoms with Gasteiger partial charge in [0.1, 0.15) is 0 Å². The van der Waals surface area contributed by atoms with Gasteiger partial charge in [-0.1, -0.05) is 19.9 Å². The van der Waals surface area contributed by atoms with E-state index >= 15 is 0 Å². The average molecular weight is 227 g/mol. The van der Waals surface area contributed by atoms with Crippen molar-refractivity contribution in [2.75, 3.05) is 6.54 Å². The lowest BCUT2D eigenvalue weighted by Gasteiger charge is -2.07. The van der Waals surface area contributed by atoms with E-state index in [4.69, 9.17) is 0 Å². The van der Waals surface area contributed by atoms with Crippen LogP contribution in [0, 0.1) is 17.6 Å². The van der Waals surface area contributed by atoms with E-state index in [9.17, 15) is 13.6 Å². The number of carbonyl (C=O) groups is 1. The number of amides is 1. The predicted molar refractivity (Wildman–Crippen MR) is 57.9 cm³/mol. The predicted octanol–water partition coefficient (Wildman–Crippen LogP) is 2.28. The Kier molecular flexibility index (Phi) is 4.40. The highest BCUT2D eigenvalue weighted by Crippen LogP contribution is 2.08. The van der Waals surface area contributed by atoms with Crippen molar-refractivity contribution in [2.24, 2.45) is 5.92 Å². The number of halogens is 2. The van der Waals surface area contributed by atoms with Gasteiger partial charge in [-0.3, -0.25) is 4.79 Å². The Bertz CT molecular complexity index is 377. The van der Waals surface area contributed by atoms with Gasteiger partial charge in [0.15, 0.2) is 11.6 Å². The summed E-state index contributed by atoms with van der Waals surface area (Å²) in [5.41, 5.74) is 0.669. The van der Waals surface area contributed by atoms with Crippen molar-refractivity contribution in [3.63, 3.8) is 0 Å². The summed E-state index contributed by atoms with van der Waals surface area (Å²) in [5.74, 6) is -1.81. The van der Waals surface area contributed by atoms with Crippen molar-refractivity contribution in [3.8, 4) is 0 Å². The highest BCUT2D eigenvalue weighted by atomic mass is 19.2. The highest BCUT2D eigenvalue weighted by Gasteiger charge is 2.06. The van der Waals surface area contributed by atoms with E-state index in [0.29, 0.717) is 18.5 Å². The molecule has 0 spiro atoms. The maximum absolute atomic E-state index is 12.8. The van der Waals surface area contributed by atoms with Gasteiger partial charge in [-0.2, -0.15) is 0 Å². The van der Waals surface area contributed by atoms with Crippen LogP contribution in [0.15, 0.2) is 18.2 Å². The van der Waals surface area contributed by atoms with Crippen molar-refractivity contribution < 1.29 is 13.6 Å². The van der Waals surface area contributed by atoms with Gasteiger partial charge in [0.2, 0.25) is 5.91 Å². The van der Waals surface area contributed by atoms with E-state index in [1.807, 2.05) is 0 Å². The normalized spacial score (nSPS) is 10.6. The van der Waals surface area contributed by atoms with E-state index in [-0.39, 0.29) is 11.8 Å². The molecule has 4 heteroatoms. The molecule has 88 valence electrons. The third-order valence-electron chi connectivity index (χ3n) is 2.22. The summed E-state index contributed by atoms with van der Waals surface area (Å²) in [5, 5.41) is 2.71. The molecule has 1 amide bonds. The SMILES string of the molecule is CC(C)C(=O)NCCc1ccc(F)c(F)c1. The largest absolute Gasteiger partial charge is 0.356 e. The van der Waals surface area contributed by atoms with Crippen molar-refractivity contribution in [3.05, 3.63) is 35.4 Å². The lowest BCUT2D eigenvalue weighted by atomic mass is 10.1. The average Bonchev–Trinajstić information content (AvgIpc) is 2.23. The molecule has 1 aromatic rings. The topological polar surface area (TPSA) is 29.1 Å². The zero-order valence-electron chi connectivity index (χ0n) is 9.39. The number of hydrogen-bond acceptors (Lipinski definition) is 1. The summed E-state index contributed by atoms with van der Waals surface area (Å²) in [6.45, 7) is 4.03. The van der Waals surface area contributed by atoms with Crippen LogP contribution in [-0.4, -0.2) is 12.5 Å². The van der Waals surface area contributed by atoms with Crippen molar-refractivity contribution >= 4 is 5.91 Å². The molecule has 0 bridgehead atoms. The van der Waals surface area contributed by atoms with Gasteiger partial charge in [0.25, 0.3) is 0 Å². The molecular weight excluding hydrogens is 212 g/mol. The van der Waals surface area contributed by atoms with Crippen molar-refractivity contribution in [2.45, 2.75) is 20.3 Å². The zero-order chi connectivity index (χ0) is 12.1. The maximum atomic E-state index is 12.8. The van der Waals surface area contributed by atoms with E-state index in [0.717, 1.165) is 12.1 Å². The number of carbonyl (C=O) groups excluding carboxylic acids is 1. The molecule has 0 aromatic heterocycles. The van der Waals surface area contributed by atoms with Crippen LogP contribution in [0.5, 0.6) is 0 Å². The van der Waals surface area contributed by atoms with Crippen LogP contribution in [-0.2, 0) is 11.2 Å². The molecule has 1 N–H and O–H groups in total. The standard InChI is InChI=1S/C12H15F2NO/c1-8(2)12(16)15-6-5-9-3-4-10(13)11(14)7-9/h3-4,7-8H,5-6H2,1-2H3,(H,15,16).